The molecule has 1 aliphatic rings. The first-order chi connectivity index (χ1) is 9.51. The van der Waals surface area contributed by atoms with Crippen molar-refractivity contribution in [3.8, 4) is 0 Å². The van der Waals surface area contributed by atoms with Crippen molar-refractivity contribution in [2.75, 3.05) is 6.54 Å². The lowest BCUT2D eigenvalue weighted by Crippen LogP contribution is -2.53. The molecule has 21 heavy (non-hydrogen) atoms. The summed E-state index contributed by atoms with van der Waals surface area (Å²) in [5, 5.41) is 6.49. The number of piperidine rings is 1. The number of benzene rings is 1. The van der Waals surface area contributed by atoms with Gasteiger partial charge in [0.1, 0.15) is 0 Å². The molecule has 2 unspecified atom stereocenters. The molecule has 3 nitrogen and oxygen atoms in total. The van der Waals surface area contributed by atoms with Gasteiger partial charge in [0.05, 0.1) is 6.04 Å². The molecule has 1 amide bonds. The third-order valence-corrected chi connectivity index (χ3v) is 4.59. The molecule has 0 spiro atoms. The number of carbonyl (C=O) groups is 1. The Hall–Kier alpha value is -1.06. The van der Waals surface area contributed by atoms with Crippen LogP contribution in [0.3, 0.4) is 0 Å². The zero-order chi connectivity index (χ0) is 14.6. The Morgan fingerprint density at radius 1 is 1.29 bits per heavy atom. The van der Waals surface area contributed by atoms with Crippen LogP contribution in [0.5, 0.6) is 0 Å². The van der Waals surface area contributed by atoms with Gasteiger partial charge in [-0.25, -0.2) is 0 Å². The summed E-state index contributed by atoms with van der Waals surface area (Å²) in [5.41, 5.74) is 1.18. The molecule has 0 aromatic heterocycles. The molecular formula is C17H27ClN2O. The van der Waals surface area contributed by atoms with Crippen molar-refractivity contribution in [2.45, 2.75) is 57.5 Å². The van der Waals surface area contributed by atoms with Crippen molar-refractivity contribution in [3.63, 3.8) is 0 Å². The highest BCUT2D eigenvalue weighted by Gasteiger charge is 2.31. The van der Waals surface area contributed by atoms with Gasteiger partial charge in [0.15, 0.2) is 0 Å². The van der Waals surface area contributed by atoms with Crippen LogP contribution in [-0.4, -0.2) is 24.5 Å². The second-order valence-electron chi connectivity index (χ2n) is 6.32. The molecule has 0 saturated carbocycles. The van der Waals surface area contributed by atoms with Crippen molar-refractivity contribution in [3.05, 3.63) is 35.9 Å². The van der Waals surface area contributed by atoms with Crippen molar-refractivity contribution >= 4 is 18.3 Å². The van der Waals surface area contributed by atoms with Crippen LogP contribution in [-0.2, 0) is 10.2 Å². The second-order valence-corrected chi connectivity index (χ2v) is 6.32. The van der Waals surface area contributed by atoms with E-state index in [-0.39, 0.29) is 35.8 Å². The zero-order valence-electron chi connectivity index (χ0n) is 13.2. The Bertz CT molecular complexity index is 441. The molecule has 118 valence electrons. The van der Waals surface area contributed by atoms with E-state index in [4.69, 9.17) is 0 Å². The van der Waals surface area contributed by atoms with Gasteiger partial charge in [-0.3, -0.25) is 4.79 Å². The number of nitrogens with one attached hydrogen (secondary N) is 2. The van der Waals surface area contributed by atoms with E-state index >= 15 is 0 Å². The van der Waals surface area contributed by atoms with Gasteiger partial charge in [0, 0.05) is 11.5 Å². The lowest BCUT2D eigenvalue weighted by Gasteiger charge is -2.34. The number of hydrogen-bond acceptors (Lipinski definition) is 2. The molecule has 1 saturated heterocycles. The normalized spacial score (nSPS) is 20.2. The third-order valence-electron chi connectivity index (χ3n) is 4.59. The number of rotatable bonds is 4. The van der Waals surface area contributed by atoms with Crippen LogP contribution < -0.4 is 10.6 Å². The Balaban J connectivity index is 0.00000220. The van der Waals surface area contributed by atoms with Gasteiger partial charge in [-0.05, 0) is 31.9 Å². The van der Waals surface area contributed by atoms with Gasteiger partial charge in [-0.15, -0.1) is 12.4 Å². The zero-order valence-corrected chi connectivity index (χ0v) is 14.0. The number of hydrogen-bond donors (Lipinski definition) is 2. The first kappa shape index (κ1) is 18.0. The molecule has 1 aliphatic heterocycles. The molecule has 0 bridgehead atoms. The Labute approximate surface area is 134 Å². The fourth-order valence-electron chi connectivity index (χ4n) is 2.69. The monoisotopic (exact) mass is 310 g/mol. The summed E-state index contributed by atoms with van der Waals surface area (Å²) in [4.78, 5) is 12.3. The minimum atomic E-state index is -0.0778. The molecule has 1 fully saturated rings. The minimum Gasteiger partial charge on any atom is -0.351 e. The number of carbonyl (C=O) groups excluding carboxylic acids is 1. The van der Waals surface area contributed by atoms with E-state index in [1.54, 1.807) is 0 Å². The van der Waals surface area contributed by atoms with Crippen LogP contribution in [0, 0.1) is 0 Å². The maximum Gasteiger partial charge on any atom is 0.237 e. The lowest BCUT2D eigenvalue weighted by atomic mass is 9.78. The van der Waals surface area contributed by atoms with Crippen LogP contribution in [0.25, 0.3) is 0 Å². The van der Waals surface area contributed by atoms with Crippen LogP contribution in [0.4, 0.5) is 0 Å². The molecule has 1 heterocycles. The Morgan fingerprint density at radius 3 is 2.52 bits per heavy atom. The molecule has 2 rings (SSSR count). The van der Waals surface area contributed by atoms with Crippen LogP contribution >= 0.6 is 12.4 Å². The van der Waals surface area contributed by atoms with Crippen molar-refractivity contribution in [2.24, 2.45) is 0 Å². The van der Waals surface area contributed by atoms with Gasteiger partial charge < -0.3 is 10.6 Å². The Morgan fingerprint density at radius 2 is 1.95 bits per heavy atom. The average Bonchev–Trinajstić information content (AvgIpc) is 2.49. The average molecular weight is 311 g/mol. The SMILES string of the molecule is CC(NC(=O)C1CCCCN1)C(C)(C)c1ccccc1.Cl. The van der Waals surface area contributed by atoms with E-state index in [1.165, 1.54) is 12.0 Å². The maximum absolute atomic E-state index is 12.3. The summed E-state index contributed by atoms with van der Waals surface area (Å²) in [5.74, 6) is 0.140. The molecule has 2 N–H and O–H groups in total. The van der Waals surface area contributed by atoms with E-state index in [0.29, 0.717) is 0 Å². The maximum atomic E-state index is 12.3. The Kier molecular flexibility index (Phi) is 6.69. The van der Waals surface area contributed by atoms with Crippen molar-refractivity contribution in [1.82, 2.24) is 10.6 Å². The fourth-order valence-corrected chi connectivity index (χ4v) is 2.69. The van der Waals surface area contributed by atoms with E-state index in [0.717, 1.165) is 19.4 Å². The van der Waals surface area contributed by atoms with Crippen molar-refractivity contribution in [1.29, 1.82) is 0 Å². The highest BCUT2D eigenvalue weighted by Crippen LogP contribution is 2.27. The predicted octanol–water partition coefficient (Wildman–Crippen LogP) is 3.03. The van der Waals surface area contributed by atoms with Gasteiger partial charge in [-0.1, -0.05) is 50.6 Å². The van der Waals surface area contributed by atoms with E-state index in [9.17, 15) is 4.79 Å². The van der Waals surface area contributed by atoms with Crippen LogP contribution in [0.15, 0.2) is 30.3 Å². The van der Waals surface area contributed by atoms with E-state index < -0.39 is 0 Å². The fraction of sp³-hybridized carbons (Fsp3) is 0.588. The minimum absolute atomic E-state index is 0. The highest BCUT2D eigenvalue weighted by molar-refractivity contribution is 5.85. The third kappa shape index (κ3) is 4.45. The predicted molar refractivity (Wildman–Crippen MR) is 90.0 cm³/mol. The molecule has 2 atom stereocenters. The summed E-state index contributed by atoms with van der Waals surface area (Å²) in [6, 6.07) is 10.5. The summed E-state index contributed by atoms with van der Waals surface area (Å²) in [7, 11) is 0. The number of halogens is 1. The summed E-state index contributed by atoms with van der Waals surface area (Å²) in [6.45, 7) is 7.41. The first-order valence-corrected chi connectivity index (χ1v) is 7.61. The molecule has 1 aromatic rings. The second kappa shape index (κ2) is 7.81. The largest absolute Gasteiger partial charge is 0.351 e. The van der Waals surface area contributed by atoms with Gasteiger partial charge in [0.2, 0.25) is 5.91 Å². The molecule has 1 aromatic carbocycles. The number of amides is 1. The standard InChI is InChI=1S/C17H26N2O.ClH/c1-13(17(2,3)14-9-5-4-6-10-14)19-16(20)15-11-7-8-12-18-15;/h4-6,9-10,13,15,18H,7-8,11-12H2,1-3H3,(H,19,20);1H. The summed E-state index contributed by atoms with van der Waals surface area (Å²) in [6.07, 6.45) is 3.26. The van der Waals surface area contributed by atoms with E-state index in [2.05, 4.69) is 43.5 Å². The summed E-state index contributed by atoms with van der Waals surface area (Å²) >= 11 is 0. The smallest absolute Gasteiger partial charge is 0.237 e. The topological polar surface area (TPSA) is 41.1 Å². The van der Waals surface area contributed by atoms with E-state index in [1.807, 2.05) is 18.2 Å². The molecule has 4 heteroatoms. The summed E-state index contributed by atoms with van der Waals surface area (Å²) < 4.78 is 0. The van der Waals surface area contributed by atoms with Gasteiger partial charge in [-0.2, -0.15) is 0 Å². The molecule has 0 aliphatic carbocycles. The molecule has 0 radical (unpaired) electrons. The molecular weight excluding hydrogens is 284 g/mol. The van der Waals surface area contributed by atoms with Crippen LogP contribution in [0.1, 0.15) is 45.6 Å². The lowest BCUT2D eigenvalue weighted by molar-refractivity contribution is -0.124. The van der Waals surface area contributed by atoms with Crippen LogP contribution in [0.2, 0.25) is 0 Å². The highest BCUT2D eigenvalue weighted by atomic mass is 35.5. The van der Waals surface area contributed by atoms with Gasteiger partial charge >= 0.3 is 0 Å². The first-order valence-electron chi connectivity index (χ1n) is 7.61. The van der Waals surface area contributed by atoms with Crippen molar-refractivity contribution < 1.29 is 4.79 Å². The quantitative estimate of drug-likeness (QED) is 0.897. The van der Waals surface area contributed by atoms with Gasteiger partial charge in [0.25, 0.3) is 0 Å².